The van der Waals surface area contributed by atoms with Gasteiger partial charge in [-0.25, -0.2) is 9.37 Å². The van der Waals surface area contributed by atoms with E-state index in [2.05, 4.69) is 9.97 Å². The Balaban J connectivity index is 2.13. The number of aliphatic hydroxyl groups excluding tert-OH is 2. The molecule has 1 fully saturated rings. The van der Waals surface area contributed by atoms with Crippen LogP contribution in [0, 0.1) is 5.41 Å². The van der Waals surface area contributed by atoms with E-state index in [1.54, 1.807) is 0 Å². The summed E-state index contributed by atoms with van der Waals surface area (Å²) in [6.45, 7) is -0.524. The summed E-state index contributed by atoms with van der Waals surface area (Å²) in [5.74, 6) is -1.48. The van der Waals surface area contributed by atoms with Crippen molar-refractivity contribution < 1.29 is 24.1 Å². The van der Waals surface area contributed by atoms with Crippen LogP contribution in [0.25, 0.3) is 0 Å². The molecule has 1 aliphatic heterocycles. The number of carbonyl (C=O) groups is 1. The average Bonchev–Trinajstić information content (AvgIpc) is 2.96. The van der Waals surface area contributed by atoms with E-state index >= 15 is 0 Å². The van der Waals surface area contributed by atoms with Gasteiger partial charge in [-0.3, -0.25) is 15.5 Å². The number of ether oxygens (including phenoxy) is 1. The monoisotopic (exact) mass is 287 g/mol. The molecule has 2 heterocycles. The van der Waals surface area contributed by atoms with Crippen LogP contribution < -0.4 is 11.1 Å². The third-order valence-electron chi connectivity index (χ3n) is 2.86. The summed E-state index contributed by atoms with van der Waals surface area (Å²) >= 11 is 0. The lowest BCUT2D eigenvalue weighted by atomic mass is 10.1. The van der Waals surface area contributed by atoms with E-state index in [0.717, 1.165) is 0 Å². The lowest BCUT2D eigenvalue weighted by Crippen LogP contribution is -2.36. The number of hydrogen-bond donors (Lipinski definition) is 6. The number of nitrogens with zero attached hydrogens (tertiary/aromatic N) is 1. The molecule has 0 aromatic carbocycles. The predicted molar refractivity (Wildman–Crippen MR) is 63.6 cm³/mol. The highest BCUT2D eigenvalue weighted by atomic mass is 19.1. The van der Waals surface area contributed by atoms with Crippen molar-refractivity contribution in [1.82, 2.24) is 15.3 Å². The molecule has 0 radical (unpaired) electrons. The first kappa shape index (κ1) is 14.4. The molecule has 1 saturated heterocycles. The summed E-state index contributed by atoms with van der Waals surface area (Å²) in [7, 11) is 0. The molecule has 1 aromatic heterocycles. The Hall–Kier alpha value is -2.04. The standard InChI is InChI=1S/C10H14FN5O4/c11-5-6(18)4(2-17)20-7(5)3-1-14-8(15-3)9(19)16-10(12)13/h1,4-7,17-18H,2H2,(H,14,15)(H4,12,13,16,19)/t4-,5-,6-,7?/m1/s1. The molecule has 1 aromatic rings. The maximum absolute atomic E-state index is 13.8. The highest BCUT2D eigenvalue weighted by Gasteiger charge is 2.45. The number of nitrogens with two attached hydrogens (primary N) is 1. The minimum Gasteiger partial charge on any atom is -0.394 e. The van der Waals surface area contributed by atoms with Crippen LogP contribution >= 0.6 is 0 Å². The van der Waals surface area contributed by atoms with Gasteiger partial charge in [-0.2, -0.15) is 0 Å². The highest BCUT2D eigenvalue weighted by molar-refractivity contribution is 6.02. The molecular weight excluding hydrogens is 273 g/mol. The molecule has 0 bridgehead atoms. The van der Waals surface area contributed by atoms with E-state index in [1.165, 1.54) is 6.20 Å². The summed E-state index contributed by atoms with van der Waals surface area (Å²) in [6.07, 6.45) is -4.22. The fraction of sp³-hybridized carbons (Fsp3) is 0.500. The van der Waals surface area contributed by atoms with Gasteiger partial charge in [0.05, 0.1) is 18.5 Å². The largest absolute Gasteiger partial charge is 0.394 e. The van der Waals surface area contributed by atoms with Gasteiger partial charge in [-0.1, -0.05) is 0 Å². The number of halogens is 1. The number of carbonyl (C=O) groups excluding carboxylic acids is 1. The first-order valence-corrected chi connectivity index (χ1v) is 5.72. The van der Waals surface area contributed by atoms with Crippen LogP contribution in [-0.2, 0) is 4.74 Å². The minimum atomic E-state index is -1.75. The summed E-state index contributed by atoms with van der Waals surface area (Å²) in [5, 5.41) is 27.4. The van der Waals surface area contributed by atoms with Crippen molar-refractivity contribution in [2.24, 2.45) is 5.73 Å². The van der Waals surface area contributed by atoms with Gasteiger partial charge >= 0.3 is 0 Å². The molecule has 1 unspecified atom stereocenters. The number of aliphatic hydroxyl groups is 2. The van der Waals surface area contributed by atoms with Gasteiger partial charge in [0, 0.05) is 0 Å². The zero-order valence-corrected chi connectivity index (χ0v) is 10.2. The molecular formula is C10H14FN5O4. The molecule has 4 atom stereocenters. The van der Waals surface area contributed by atoms with Crippen LogP contribution in [0.1, 0.15) is 22.4 Å². The van der Waals surface area contributed by atoms with E-state index in [4.69, 9.17) is 21.0 Å². The van der Waals surface area contributed by atoms with Crippen molar-refractivity contribution in [2.45, 2.75) is 24.5 Å². The van der Waals surface area contributed by atoms with Crippen molar-refractivity contribution in [1.29, 1.82) is 5.41 Å². The number of aromatic amines is 1. The Morgan fingerprint density at radius 3 is 2.95 bits per heavy atom. The second kappa shape index (κ2) is 5.53. The summed E-state index contributed by atoms with van der Waals surface area (Å²) in [6, 6.07) is 0. The Kier molecular flexibility index (Phi) is 3.97. The van der Waals surface area contributed by atoms with E-state index in [9.17, 15) is 14.3 Å². The Bertz CT molecular complexity index is 522. The number of aromatic nitrogens is 2. The number of rotatable bonds is 3. The van der Waals surface area contributed by atoms with E-state index in [0.29, 0.717) is 0 Å². The number of alkyl halides is 1. The molecule has 9 nitrogen and oxygen atoms in total. The van der Waals surface area contributed by atoms with Gasteiger partial charge in [0.2, 0.25) is 0 Å². The number of imidazole rings is 1. The molecule has 10 heteroatoms. The maximum Gasteiger partial charge on any atom is 0.293 e. The maximum atomic E-state index is 13.8. The first-order valence-electron chi connectivity index (χ1n) is 5.72. The van der Waals surface area contributed by atoms with Gasteiger partial charge in [-0.05, 0) is 0 Å². The third kappa shape index (κ3) is 2.61. The van der Waals surface area contributed by atoms with E-state index in [1.807, 2.05) is 5.32 Å². The van der Waals surface area contributed by atoms with Crippen LogP contribution in [0.4, 0.5) is 4.39 Å². The molecule has 0 aliphatic carbocycles. The zero-order valence-electron chi connectivity index (χ0n) is 10.2. The first-order chi connectivity index (χ1) is 9.43. The molecule has 1 amide bonds. The van der Waals surface area contributed by atoms with Crippen LogP contribution in [0.2, 0.25) is 0 Å². The average molecular weight is 287 g/mol. The van der Waals surface area contributed by atoms with Gasteiger partial charge in [0.1, 0.15) is 18.3 Å². The number of hydrogen-bond acceptors (Lipinski definition) is 6. The normalized spacial score (nSPS) is 29.4. The minimum absolute atomic E-state index is 0.140. The lowest BCUT2D eigenvalue weighted by Gasteiger charge is -2.10. The number of nitrogens with one attached hydrogen (secondary N) is 3. The third-order valence-corrected chi connectivity index (χ3v) is 2.86. The van der Waals surface area contributed by atoms with E-state index in [-0.39, 0.29) is 11.5 Å². The van der Waals surface area contributed by atoms with Gasteiger partial charge in [-0.15, -0.1) is 0 Å². The van der Waals surface area contributed by atoms with Crippen LogP contribution in [0.5, 0.6) is 0 Å². The quantitative estimate of drug-likeness (QED) is 0.283. The smallest absolute Gasteiger partial charge is 0.293 e. The number of amides is 1. The molecule has 1 aliphatic rings. The molecule has 20 heavy (non-hydrogen) atoms. The van der Waals surface area contributed by atoms with Gasteiger partial charge < -0.3 is 25.7 Å². The molecule has 7 N–H and O–H groups in total. The lowest BCUT2D eigenvalue weighted by molar-refractivity contribution is -0.0236. The topological polar surface area (TPSA) is 157 Å². The second-order valence-corrected chi connectivity index (χ2v) is 4.27. The highest BCUT2D eigenvalue weighted by Crippen LogP contribution is 2.34. The SMILES string of the molecule is N=C(N)NC(=O)c1ncc(C2O[C@H](CO)[C@@H](O)[C@H]2F)[nH]1. The summed E-state index contributed by atoms with van der Waals surface area (Å²) in [5.41, 5.74) is 5.14. The van der Waals surface area contributed by atoms with Gasteiger partial charge in [0.15, 0.2) is 18.0 Å². The van der Waals surface area contributed by atoms with Crippen LogP contribution in [0.15, 0.2) is 6.20 Å². The van der Waals surface area contributed by atoms with Crippen molar-refractivity contribution in [3.63, 3.8) is 0 Å². The van der Waals surface area contributed by atoms with Crippen LogP contribution in [0.3, 0.4) is 0 Å². The van der Waals surface area contributed by atoms with Crippen molar-refractivity contribution in [3.05, 3.63) is 17.7 Å². The molecule has 110 valence electrons. The molecule has 0 saturated carbocycles. The molecule has 0 spiro atoms. The second-order valence-electron chi connectivity index (χ2n) is 4.27. The fourth-order valence-electron chi connectivity index (χ4n) is 1.90. The molecule has 2 rings (SSSR count). The summed E-state index contributed by atoms with van der Waals surface area (Å²) in [4.78, 5) is 17.7. The summed E-state index contributed by atoms with van der Waals surface area (Å²) < 4.78 is 19.0. The number of H-pyrrole nitrogens is 1. The van der Waals surface area contributed by atoms with Crippen molar-refractivity contribution in [3.8, 4) is 0 Å². The van der Waals surface area contributed by atoms with Gasteiger partial charge in [0.25, 0.3) is 5.91 Å². The zero-order chi connectivity index (χ0) is 14.9. The van der Waals surface area contributed by atoms with Crippen molar-refractivity contribution >= 4 is 11.9 Å². The Morgan fingerprint density at radius 1 is 1.70 bits per heavy atom. The van der Waals surface area contributed by atoms with Crippen LogP contribution in [-0.4, -0.2) is 57.0 Å². The fourth-order valence-corrected chi connectivity index (χ4v) is 1.90. The van der Waals surface area contributed by atoms with E-state index < -0.39 is 43.0 Å². The van der Waals surface area contributed by atoms with Crippen molar-refractivity contribution in [2.75, 3.05) is 6.61 Å². The Labute approximate surface area is 112 Å². The number of guanidine groups is 1. The Morgan fingerprint density at radius 2 is 2.40 bits per heavy atom. The predicted octanol–water partition coefficient (Wildman–Crippen LogP) is -1.84.